The predicted octanol–water partition coefficient (Wildman–Crippen LogP) is 0.592. The van der Waals surface area contributed by atoms with E-state index in [0.717, 1.165) is 11.3 Å². The number of carbonyl (C=O) groups is 4. The van der Waals surface area contributed by atoms with Crippen LogP contribution in [0.2, 0.25) is 0 Å². The molecular formula is C19H23N5O7S2. The van der Waals surface area contributed by atoms with E-state index in [9.17, 15) is 19.2 Å². The Hall–Kier alpha value is -3.13. The topological polar surface area (TPSA) is 163 Å². The van der Waals surface area contributed by atoms with Gasteiger partial charge in [0.15, 0.2) is 10.8 Å². The second kappa shape index (κ2) is 10.7. The van der Waals surface area contributed by atoms with Gasteiger partial charge < -0.3 is 25.4 Å². The first-order chi connectivity index (χ1) is 15.8. The van der Waals surface area contributed by atoms with Crippen LogP contribution < -0.4 is 11.1 Å². The lowest BCUT2D eigenvalue weighted by Gasteiger charge is -2.48. The number of hydrogen-bond acceptors (Lipinski definition) is 12. The van der Waals surface area contributed by atoms with Gasteiger partial charge in [-0.3, -0.25) is 19.3 Å². The van der Waals surface area contributed by atoms with Gasteiger partial charge in [-0.25, -0.2) is 9.78 Å². The molecule has 178 valence electrons. The Kier molecular flexibility index (Phi) is 7.92. The van der Waals surface area contributed by atoms with Crippen molar-refractivity contribution in [3.8, 4) is 0 Å². The third-order valence-corrected chi connectivity index (χ3v) is 6.42. The zero-order chi connectivity index (χ0) is 24.1. The van der Waals surface area contributed by atoms with E-state index >= 15 is 0 Å². The normalized spacial score (nSPS) is 20.7. The third-order valence-electron chi connectivity index (χ3n) is 4.56. The Balaban J connectivity index is 1.68. The number of fused-ring (bicyclic) bond motifs is 1. The smallest absolute Gasteiger partial charge is 0.357 e. The standard InChI is InChI=1S/C19H23N5O7S2/c1-4-5-12(30-9(2)25)31-18(28)11-6-7-32-17-14(16(27)24(11)17)22-15(26)13(23-29-3)10-8-33-19(20)21-10/h6,8,12,14,17H,4-5,7H2,1-3H3,(H2,20,21)(H,22,26)/t12?,14?,17-/m0/s1. The molecule has 1 aromatic heterocycles. The highest BCUT2D eigenvalue weighted by Gasteiger charge is 2.53. The molecule has 3 rings (SSSR count). The quantitative estimate of drug-likeness (QED) is 0.162. The lowest BCUT2D eigenvalue weighted by Crippen LogP contribution is -2.70. The number of amides is 2. The molecular weight excluding hydrogens is 474 g/mol. The number of ether oxygens (including phenoxy) is 2. The Morgan fingerprint density at radius 2 is 2.15 bits per heavy atom. The molecule has 0 bridgehead atoms. The molecule has 3 heterocycles. The maximum absolute atomic E-state index is 12.8. The third kappa shape index (κ3) is 5.45. The minimum atomic E-state index is -1.04. The van der Waals surface area contributed by atoms with Gasteiger partial charge in [-0.1, -0.05) is 12.1 Å². The Morgan fingerprint density at radius 1 is 1.39 bits per heavy atom. The highest BCUT2D eigenvalue weighted by atomic mass is 32.2. The second-order valence-corrected chi connectivity index (χ2v) is 8.94. The summed E-state index contributed by atoms with van der Waals surface area (Å²) in [6.45, 7) is 3.07. The number of rotatable bonds is 9. The molecule has 2 unspecified atom stereocenters. The fourth-order valence-electron chi connectivity index (χ4n) is 3.17. The molecule has 12 nitrogen and oxygen atoms in total. The van der Waals surface area contributed by atoms with Crippen LogP contribution in [-0.2, 0) is 33.5 Å². The number of nitrogens with two attached hydrogens (primary N) is 1. The molecule has 2 aliphatic heterocycles. The average molecular weight is 498 g/mol. The summed E-state index contributed by atoms with van der Waals surface area (Å²) in [6, 6.07) is -0.892. The van der Waals surface area contributed by atoms with Crippen LogP contribution in [0, 0.1) is 0 Å². The Morgan fingerprint density at radius 3 is 2.76 bits per heavy atom. The maximum Gasteiger partial charge on any atom is 0.357 e. The zero-order valence-corrected chi connectivity index (χ0v) is 19.7. The summed E-state index contributed by atoms with van der Waals surface area (Å²) in [4.78, 5) is 59.5. The van der Waals surface area contributed by atoms with E-state index in [2.05, 4.69) is 15.5 Å². The number of β-lactam (4-membered cyclic amide) rings is 1. The van der Waals surface area contributed by atoms with E-state index in [1.807, 2.05) is 6.92 Å². The van der Waals surface area contributed by atoms with Crippen LogP contribution in [0.4, 0.5) is 5.13 Å². The van der Waals surface area contributed by atoms with Gasteiger partial charge >= 0.3 is 11.9 Å². The van der Waals surface area contributed by atoms with Gasteiger partial charge in [-0.2, -0.15) is 0 Å². The average Bonchev–Trinajstić information content (AvgIpc) is 3.20. The van der Waals surface area contributed by atoms with Crippen molar-refractivity contribution in [2.75, 3.05) is 18.6 Å². The van der Waals surface area contributed by atoms with Crippen LogP contribution in [0.25, 0.3) is 0 Å². The van der Waals surface area contributed by atoms with Gasteiger partial charge in [0.25, 0.3) is 11.8 Å². The molecule has 1 fully saturated rings. The van der Waals surface area contributed by atoms with Crippen molar-refractivity contribution in [2.24, 2.45) is 5.16 Å². The monoisotopic (exact) mass is 497 g/mol. The minimum absolute atomic E-state index is 0.0422. The highest BCUT2D eigenvalue weighted by Crippen LogP contribution is 2.38. The molecule has 0 saturated carbocycles. The van der Waals surface area contributed by atoms with Crippen molar-refractivity contribution in [1.29, 1.82) is 0 Å². The van der Waals surface area contributed by atoms with Crippen LogP contribution >= 0.6 is 23.1 Å². The highest BCUT2D eigenvalue weighted by molar-refractivity contribution is 8.00. The number of oxime groups is 1. The molecule has 0 spiro atoms. The maximum atomic E-state index is 12.8. The van der Waals surface area contributed by atoms with Gasteiger partial charge in [0, 0.05) is 24.5 Å². The number of esters is 2. The molecule has 2 amide bonds. The van der Waals surface area contributed by atoms with Gasteiger partial charge in [0.1, 0.15) is 29.9 Å². The summed E-state index contributed by atoms with van der Waals surface area (Å²) in [5, 5.41) is 7.59. The molecule has 0 aliphatic carbocycles. The number of nitrogens with one attached hydrogen (secondary N) is 1. The first-order valence-electron chi connectivity index (χ1n) is 9.93. The number of aromatic nitrogens is 1. The summed E-state index contributed by atoms with van der Waals surface area (Å²) in [6.07, 6.45) is 1.47. The van der Waals surface area contributed by atoms with Crippen molar-refractivity contribution < 1.29 is 33.5 Å². The van der Waals surface area contributed by atoms with E-state index in [4.69, 9.17) is 20.0 Å². The summed E-state index contributed by atoms with van der Waals surface area (Å²) in [5.74, 6) is -2.10. The second-order valence-electron chi connectivity index (χ2n) is 6.90. The van der Waals surface area contributed by atoms with Crippen LogP contribution in [0.5, 0.6) is 0 Å². The van der Waals surface area contributed by atoms with E-state index in [1.54, 1.807) is 11.5 Å². The first-order valence-corrected chi connectivity index (χ1v) is 11.9. The summed E-state index contributed by atoms with van der Waals surface area (Å²) in [5.41, 5.74) is 5.75. The van der Waals surface area contributed by atoms with E-state index in [1.165, 1.54) is 30.7 Å². The fourth-order valence-corrected chi connectivity index (χ4v) is 4.92. The molecule has 3 atom stereocenters. The number of nitrogen functional groups attached to an aromatic ring is 1. The lowest BCUT2D eigenvalue weighted by molar-refractivity contribution is -0.187. The summed E-state index contributed by atoms with van der Waals surface area (Å²) < 4.78 is 10.3. The summed E-state index contributed by atoms with van der Waals surface area (Å²) >= 11 is 2.50. The molecule has 33 heavy (non-hydrogen) atoms. The van der Waals surface area contributed by atoms with Crippen molar-refractivity contribution in [3.05, 3.63) is 22.8 Å². The molecule has 2 aliphatic rings. The van der Waals surface area contributed by atoms with Crippen LogP contribution in [0.1, 0.15) is 32.4 Å². The predicted molar refractivity (Wildman–Crippen MR) is 120 cm³/mol. The zero-order valence-electron chi connectivity index (χ0n) is 18.1. The number of carbonyl (C=O) groups excluding carboxylic acids is 4. The van der Waals surface area contributed by atoms with Gasteiger partial charge in [0.2, 0.25) is 6.29 Å². The van der Waals surface area contributed by atoms with Crippen LogP contribution in [0.15, 0.2) is 22.3 Å². The first kappa shape index (κ1) is 24.5. The van der Waals surface area contributed by atoms with Crippen molar-refractivity contribution >= 4 is 57.7 Å². The molecule has 14 heteroatoms. The molecule has 1 saturated heterocycles. The Bertz CT molecular complexity index is 1010. The van der Waals surface area contributed by atoms with Crippen molar-refractivity contribution in [1.82, 2.24) is 15.2 Å². The van der Waals surface area contributed by atoms with Gasteiger partial charge in [0.05, 0.1) is 0 Å². The largest absolute Gasteiger partial charge is 0.425 e. The number of thiazole rings is 1. The van der Waals surface area contributed by atoms with Gasteiger partial charge in [-0.05, 0) is 12.5 Å². The van der Waals surface area contributed by atoms with Gasteiger partial charge in [-0.15, -0.1) is 23.1 Å². The van der Waals surface area contributed by atoms with E-state index in [0.29, 0.717) is 18.6 Å². The lowest BCUT2D eigenvalue weighted by atomic mass is 10.0. The minimum Gasteiger partial charge on any atom is -0.425 e. The van der Waals surface area contributed by atoms with Crippen LogP contribution in [-0.4, -0.2) is 69.9 Å². The SMILES string of the molecule is CCCC(OC(C)=O)OC(=O)C1=CCS[C@H]2C(NC(=O)C(=NOC)c3csc(N)n3)C(=O)N12. The number of anilines is 1. The number of hydrogen-bond donors (Lipinski definition) is 2. The van der Waals surface area contributed by atoms with E-state index < -0.39 is 41.5 Å². The molecule has 0 aromatic carbocycles. The molecule has 3 N–H and O–H groups in total. The fraction of sp³-hybridized carbons (Fsp3) is 0.474. The van der Waals surface area contributed by atoms with E-state index in [-0.39, 0.29) is 22.2 Å². The molecule has 1 aromatic rings. The molecule has 0 radical (unpaired) electrons. The number of nitrogens with zero attached hydrogens (tertiary/aromatic N) is 3. The summed E-state index contributed by atoms with van der Waals surface area (Å²) in [7, 11) is 1.28. The van der Waals surface area contributed by atoms with Crippen molar-refractivity contribution in [2.45, 2.75) is 44.4 Å². The van der Waals surface area contributed by atoms with Crippen molar-refractivity contribution in [3.63, 3.8) is 0 Å². The van der Waals surface area contributed by atoms with Crippen LogP contribution in [0.3, 0.4) is 0 Å². The number of thioether (sulfide) groups is 1. The Labute approximate surface area is 197 Å².